The lowest BCUT2D eigenvalue weighted by Gasteiger charge is -2.23. The quantitative estimate of drug-likeness (QED) is 0.911. The molecule has 3 heterocycles. The number of carbonyl (C=O) groups is 1. The molecule has 0 aromatic carbocycles. The van der Waals surface area contributed by atoms with Crippen LogP contribution in [0.25, 0.3) is 5.52 Å². The first kappa shape index (κ1) is 12.9. The summed E-state index contributed by atoms with van der Waals surface area (Å²) < 4.78 is 6.87. The summed E-state index contributed by atoms with van der Waals surface area (Å²) in [4.78, 5) is 14.6. The standard InChI is InChI=1S/C14H18N4O2/c1-20-9-11-3-2-5-17(11)14(19)12-8-16-18-6-4-10(15)7-13(12)18/h4,6-8,11H,2-3,5,9,15H2,1H3. The van der Waals surface area contributed by atoms with Crippen LogP contribution in [-0.2, 0) is 4.74 Å². The van der Waals surface area contributed by atoms with Crippen molar-refractivity contribution >= 4 is 17.1 Å². The number of nitrogens with two attached hydrogens (primary N) is 1. The number of methoxy groups -OCH3 is 1. The van der Waals surface area contributed by atoms with Gasteiger partial charge in [-0.05, 0) is 25.0 Å². The molecular formula is C14H18N4O2. The second-order valence-electron chi connectivity index (χ2n) is 5.10. The highest BCUT2D eigenvalue weighted by molar-refractivity contribution is 6.01. The lowest BCUT2D eigenvalue weighted by molar-refractivity contribution is 0.0632. The molecule has 0 aliphatic carbocycles. The molecule has 106 valence electrons. The third kappa shape index (κ3) is 2.12. The summed E-state index contributed by atoms with van der Waals surface area (Å²) in [5, 5.41) is 4.21. The van der Waals surface area contributed by atoms with Gasteiger partial charge in [-0.2, -0.15) is 5.10 Å². The molecule has 1 aliphatic rings. The van der Waals surface area contributed by atoms with Gasteiger partial charge in [-0.15, -0.1) is 0 Å². The number of aromatic nitrogens is 2. The number of hydrogen-bond donors (Lipinski definition) is 1. The fourth-order valence-corrected chi connectivity index (χ4v) is 2.79. The van der Waals surface area contributed by atoms with Crippen LogP contribution in [0.2, 0.25) is 0 Å². The first-order valence-electron chi connectivity index (χ1n) is 6.73. The maximum absolute atomic E-state index is 12.7. The Bertz CT molecular complexity index is 637. The van der Waals surface area contributed by atoms with E-state index in [1.165, 1.54) is 0 Å². The van der Waals surface area contributed by atoms with Crippen LogP contribution in [0.3, 0.4) is 0 Å². The molecule has 0 saturated carbocycles. The predicted molar refractivity (Wildman–Crippen MR) is 75.5 cm³/mol. The van der Waals surface area contributed by atoms with Crippen LogP contribution in [-0.4, -0.2) is 46.7 Å². The molecule has 2 N–H and O–H groups in total. The smallest absolute Gasteiger partial charge is 0.258 e. The van der Waals surface area contributed by atoms with E-state index in [0.29, 0.717) is 17.9 Å². The van der Waals surface area contributed by atoms with Crippen molar-refractivity contribution in [3.05, 3.63) is 30.1 Å². The molecule has 3 rings (SSSR count). The highest BCUT2D eigenvalue weighted by Gasteiger charge is 2.30. The Balaban J connectivity index is 1.94. The number of amides is 1. The Hall–Kier alpha value is -2.08. The molecule has 0 radical (unpaired) electrons. The van der Waals surface area contributed by atoms with Crippen molar-refractivity contribution < 1.29 is 9.53 Å². The normalized spacial score (nSPS) is 18.9. The molecule has 2 aromatic rings. The van der Waals surface area contributed by atoms with E-state index in [9.17, 15) is 4.79 Å². The zero-order valence-electron chi connectivity index (χ0n) is 11.5. The SMILES string of the molecule is COCC1CCCN1C(=O)c1cnn2ccc(N)cc12. The Morgan fingerprint density at radius 3 is 3.25 bits per heavy atom. The van der Waals surface area contributed by atoms with Crippen LogP contribution in [0.5, 0.6) is 0 Å². The highest BCUT2D eigenvalue weighted by atomic mass is 16.5. The molecule has 1 saturated heterocycles. The van der Waals surface area contributed by atoms with E-state index in [2.05, 4.69) is 5.10 Å². The summed E-state index contributed by atoms with van der Waals surface area (Å²) in [6.07, 6.45) is 5.37. The third-order valence-corrected chi connectivity index (χ3v) is 3.77. The van der Waals surface area contributed by atoms with Gasteiger partial charge in [0.25, 0.3) is 5.91 Å². The van der Waals surface area contributed by atoms with E-state index in [0.717, 1.165) is 24.9 Å². The molecule has 1 atom stereocenters. The van der Waals surface area contributed by atoms with Crippen LogP contribution >= 0.6 is 0 Å². The van der Waals surface area contributed by atoms with E-state index in [-0.39, 0.29) is 11.9 Å². The summed E-state index contributed by atoms with van der Waals surface area (Å²) >= 11 is 0. The summed E-state index contributed by atoms with van der Waals surface area (Å²) in [7, 11) is 1.66. The second-order valence-corrected chi connectivity index (χ2v) is 5.10. The van der Waals surface area contributed by atoms with Crippen molar-refractivity contribution in [2.24, 2.45) is 0 Å². The largest absolute Gasteiger partial charge is 0.399 e. The molecular weight excluding hydrogens is 256 g/mol. The van der Waals surface area contributed by atoms with Crippen molar-refractivity contribution in [3.63, 3.8) is 0 Å². The van der Waals surface area contributed by atoms with Gasteiger partial charge >= 0.3 is 0 Å². The predicted octanol–water partition coefficient (Wildman–Crippen LogP) is 1.17. The summed E-state index contributed by atoms with van der Waals surface area (Å²) in [5.41, 5.74) is 7.77. The second kappa shape index (κ2) is 5.13. The minimum Gasteiger partial charge on any atom is -0.399 e. The van der Waals surface area contributed by atoms with Crippen molar-refractivity contribution in [2.45, 2.75) is 18.9 Å². The Morgan fingerprint density at radius 2 is 2.45 bits per heavy atom. The molecule has 0 bridgehead atoms. The average Bonchev–Trinajstić information content (AvgIpc) is 3.04. The molecule has 2 aromatic heterocycles. The number of ether oxygens (including phenoxy) is 1. The number of anilines is 1. The van der Waals surface area contributed by atoms with Crippen molar-refractivity contribution in [1.82, 2.24) is 14.5 Å². The van der Waals surface area contributed by atoms with Gasteiger partial charge < -0.3 is 15.4 Å². The van der Waals surface area contributed by atoms with Gasteiger partial charge in [0, 0.05) is 25.5 Å². The average molecular weight is 274 g/mol. The first-order chi connectivity index (χ1) is 9.70. The molecule has 1 unspecified atom stereocenters. The van der Waals surface area contributed by atoms with E-state index in [1.54, 1.807) is 36.2 Å². The maximum Gasteiger partial charge on any atom is 0.258 e. The zero-order valence-corrected chi connectivity index (χ0v) is 11.5. The fourth-order valence-electron chi connectivity index (χ4n) is 2.79. The van der Waals surface area contributed by atoms with Crippen molar-refractivity contribution in [3.8, 4) is 0 Å². The molecule has 1 fully saturated rings. The van der Waals surface area contributed by atoms with E-state index >= 15 is 0 Å². The Kier molecular flexibility index (Phi) is 3.31. The van der Waals surface area contributed by atoms with E-state index in [4.69, 9.17) is 10.5 Å². The van der Waals surface area contributed by atoms with Crippen LogP contribution in [0, 0.1) is 0 Å². The lowest BCUT2D eigenvalue weighted by atomic mass is 10.2. The molecule has 1 aliphatic heterocycles. The van der Waals surface area contributed by atoms with Gasteiger partial charge in [-0.1, -0.05) is 0 Å². The van der Waals surface area contributed by atoms with Gasteiger partial charge in [-0.3, -0.25) is 4.79 Å². The Labute approximate surface area is 117 Å². The number of hydrogen-bond acceptors (Lipinski definition) is 4. The van der Waals surface area contributed by atoms with E-state index in [1.807, 2.05) is 4.90 Å². The summed E-state index contributed by atoms with van der Waals surface area (Å²) in [6, 6.07) is 3.70. The van der Waals surface area contributed by atoms with Crippen LogP contribution in [0.4, 0.5) is 5.69 Å². The number of carbonyl (C=O) groups excluding carboxylic acids is 1. The van der Waals surface area contributed by atoms with Gasteiger partial charge in [0.15, 0.2) is 0 Å². The number of nitrogens with zero attached hydrogens (tertiary/aromatic N) is 3. The molecule has 6 nitrogen and oxygen atoms in total. The topological polar surface area (TPSA) is 72.9 Å². The van der Waals surface area contributed by atoms with Crippen LogP contribution in [0.1, 0.15) is 23.2 Å². The van der Waals surface area contributed by atoms with Gasteiger partial charge in [0.05, 0.1) is 29.9 Å². The minimum atomic E-state index is 0.00477. The lowest BCUT2D eigenvalue weighted by Crippen LogP contribution is -2.38. The molecule has 1 amide bonds. The maximum atomic E-state index is 12.7. The third-order valence-electron chi connectivity index (χ3n) is 3.77. The van der Waals surface area contributed by atoms with Gasteiger partial charge in [-0.25, -0.2) is 4.52 Å². The number of fused-ring (bicyclic) bond motifs is 1. The number of likely N-dealkylation sites (tertiary alicyclic amines) is 1. The number of nitrogen functional groups attached to an aromatic ring is 1. The Morgan fingerprint density at radius 1 is 1.60 bits per heavy atom. The summed E-state index contributed by atoms with van der Waals surface area (Å²) in [6.45, 7) is 1.35. The van der Waals surface area contributed by atoms with Gasteiger partial charge in [0.1, 0.15) is 0 Å². The summed E-state index contributed by atoms with van der Waals surface area (Å²) in [5.74, 6) is 0.00477. The van der Waals surface area contributed by atoms with Crippen LogP contribution in [0.15, 0.2) is 24.5 Å². The van der Waals surface area contributed by atoms with Crippen molar-refractivity contribution in [2.75, 3.05) is 26.0 Å². The minimum absolute atomic E-state index is 0.00477. The molecule has 0 spiro atoms. The number of rotatable bonds is 3. The molecule has 6 heteroatoms. The molecule has 20 heavy (non-hydrogen) atoms. The van der Waals surface area contributed by atoms with Crippen molar-refractivity contribution in [1.29, 1.82) is 0 Å². The zero-order chi connectivity index (χ0) is 14.1. The highest BCUT2D eigenvalue weighted by Crippen LogP contribution is 2.23. The first-order valence-corrected chi connectivity index (χ1v) is 6.73. The van der Waals surface area contributed by atoms with Crippen LogP contribution < -0.4 is 5.73 Å². The monoisotopic (exact) mass is 274 g/mol. The van der Waals surface area contributed by atoms with E-state index < -0.39 is 0 Å². The number of pyridine rings is 1. The fraction of sp³-hybridized carbons (Fsp3) is 0.429. The van der Waals surface area contributed by atoms with Gasteiger partial charge in [0.2, 0.25) is 0 Å².